The molecule has 0 amide bonds. The molecule has 0 saturated carbocycles. The Kier molecular flexibility index (Phi) is 11.6. The van der Waals surface area contributed by atoms with Crippen LogP contribution in [0, 0.1) is 0 Å². The second-order valence-electron chi connectivity index (χ2n) is 9.37. The quantitative estimate of drug-likeness (QED) is 0.221. The van der Waals surface area contributed by atoms with Crippen LogP contribution in [0.1, 0.15) is 55.2 Å². The molecule has 39 heavy (non-hydrogen) atoms. The maximum absolute atomic E-state index is 12.4. The molecule has 3 aromatic carbocycles. The Morgan fingerprint density at radius 2 is 1.54 bits per heavy atom. The highest BCUT2D eigenvalue weighted by Gasteiger charge is 2.40. The maximum atomic E-state index is 12.4. The lowest BCUT2D eigenvalue weighted by atomic mass is 9.72. The van der Waals surface area contributed by atoms with Crippen LogP contribution < -0.4 is 9.47 Å². The van der Waals surface area contributed by atoms with Gasteiger partial charge in [0.1, 0.15) is 23.7 Å². The molecule has 0 aromatic heterocycles. The normalized spacial score (nSPS) is 17.7. The Morgan fingerprint density at radius 3 is 2.03 bits per heavy atom. The average molecular weight is 577 g/mol. The molecule has 7 nitrogen and oxygen atoms in total. The summed E-state index contributed by atoms with van der Waals surface area (Å²) in [6.07, 6.45) is 4.37. The number of hydrogen-bond donors (Lipinski definition) is 2. The number of ether oxygens (including phenoxy) is 3. The number of aliphatic hydroxyl groups is 1. The standard InChI is InChI=1S/C29H33ClO4.CH4O3S/c1-2-27(22-8-4-3-5-9-22)29(31,23-11-15-25(16-12-23)32-21-19-30)24-13-17-26(18-14-24)34-28-10-6-7-20-33-28;1-5(2,3)4/h3-5,8-9,11-18,27-28,31H,2,6-7,10,19-21H2,1H3;1H3,(H,2,3,4). The molecule has 3 atom stereocenters. The van der Waals surface area contributed by atoms with Crippen LogP contribution in [0.5, 0.6) is 11.5 Å². The highest BCUT2D eigenvalue weighted by molar-refractivity contribution is 7.85. The lowest BCUT2D eigenvalue weighted by molar-refractivity contribution is -0.105. The smallest absolute Gasteiger partial charge is 0.261 e. The van der Waals surface area contributed by atoms with Gasteiger partial charge in [-0.05, 0) is 60.2 Å². The van der Waals surface area contributed by atoms with Crippen molar-refractivity contribution in [2.75, 3.05) is 25.3 Å². The first-order valence-corrected chi connectivity index (χ1v) is 15.4. The number of rotatable bonds is 10. The van der Waals surface area contributed by atoms with Crippen LogP contribution in [0.3, 0.4) is 0 Å². The van der Waals surface area contributed by atoms with E-state index in [-0.39, 0.29) is 12.2 Å². The van der Waals surface area contributed by atoms with E-state index >= 15 is 0 Å². The third kappa shape index (κ3) is 9.22. The molecule has 1 saturated heterocycles. The molecule has 2 N–H and O–H groups in total. The van der Waals surface area contributed by atoms with Gasteiger partial charge in [-0.15, -0.1) is 11.6 Å². The van der Waals surface area contributed by atoms with E-state index in [0.29, 0.717) is 18.7 Å². The topological polar surface area (TPSA) is 102 Å². The summed E-state index contributed by atoms with van der Waals surface area (Å²) >= 11 is 5.75. The molecule has 0 radical (unpaired) electrons. The zero-order chi connectivity index (χ0) is 28.3. The van der Waals surface area contributed by atoms with Crippen molar-refractivity contribution in [3.05, 3.63) is 95.6 Å². The van der Waals surface area contributed by atoms with Crippen molar-refractivity contribution in [1.82, 2.24) is 0 Å². The molecule has 1 aliphatic heterocycles. The molecule has 0 spiro atoms. The lowest BCUT2D eigenvalue weighted by Crippen LogP contribution is -2.35. The van der Waals surface area contributed by atoms with Crippen molar-refractivity contribution >= 4 is 21.7 Å². The minimum Gasteiger partial charge on any atom is -0.492 e. The molecule has 1 heterocycles. The van der Waals surface area contributed by atoms with Crippen molar-refractivity contribution in [2.45, 2.75) is 50.4 Å². The van der Waals surface area contributed by atoms with Crippen LogP contribution in [-0.4, -0.2) is 49.7 Å². The van der Waals surface area contributed by atoms with Gasteiger partial charge in [-0.1, -0.05) is 61.5 Å². The summed E-state index contributed by atoms with van der Waals surface area (Å²) in [5, 5.41) is 12.4. The molecule has 3 unspecified atom stereocenters. The first-order valence-electron chi connectivity index (χ1n) is 13.0. The van der Waals surface area contributed by atoms with Crippen LogP contribution in [0.2, 0.25) is 0 Å². The summed E-state index contributed by atoms with van der Waals surface area (Å²) in [4.78, 5) is 0. The van der Waals surface area contributed by atoms with Gasteiger partial charge in [-0.25, -0.2) is 0 Å². The van der Waals surface area contributed by atoms with E-state index in [0.717, 1.165) is 60.5 Å². The molecular formula is C30H37ClO7S. The summed E-state index contributed by atoms with van der Waals surface area (Å²) in [5.74, 6) is 1.76. The molecular weight excluding hydrogens is 540 g/mol. The Morgan fingerprint density at radius 1 is 0.974 bits per heavy atom. The minimum absolute atomic E-state index is 0.142. The van der Waals surface area contributed by atoms with Gasteiger partial charge in [0.05, 0.1) is 18.7 Å². The maximum Gasteiger partial charge on any atom is 0.261 e. The summed E-state index contributed by atoms with van der Waals surface area (Å²) < 4.78 is 43.2. The number of halogens is 1. The molecule has 212 valence electrons. The van der Waals surface area contributed by atoms with Crippen LogP contribution >= 0.6 is 11.6 Å². The van der Waals surface area contributed by atoms with Crippen LogP contribution in [0.4, 0.5) is 0 Å². The molecule has 4 rings (SSSR count). The number of hydrogen-bond acceptors (Lipinski definition) is 6. The van der Waals surface area contributed by atoms with E-state index < -0.39 is 15.7 Å². The summed E-state index contributed by atoms with van der Waals surface area (Å²) in [6, 6.07) is 25.6. The first kappa shape index (κ1) is 30.9. The Hall–Kier alpha value is -2.62. The predicted molar refractivity (Wildman–Crippen MR) is 153 cm³/mol. The van der Waals surface area contributed by atoms with E-state index in [4.69, 9.17) is 30.4 Å². The van der Waals surface area contributed by atoms with Crippen molar-refractivity contribution in [1.29, 1.82) is 0 Å². The number of benzene rings is 3. The zero-order valence-electron chi connectivity index (χ0n) is 22.3. The Balaban J connectivity index is 0.000000771. The van der Waals surface area contributed by atoms with E-state index in [1.807, 2.05) is 66.7 Å². The van der Waals surface area contributed by atoms with Gasteiger partial charge < -0.3 is 19.3 Å². The van der Waals surface area contributed by atoms with Crippen LogP contribution in [-0.2, 0) is 20.5 Å². The Bertz CT molecular complexity index is 1220. The summed E-state index contributed by atoms with van der Waals surface area (Å²) in [7, 11) is -3.67. The van der Waals surface area contributed by atoms with Gasteiger partial charge in [0.25, 0.3) is 10.1 Å². The van der Waals surface area contributed by atoms with Crippen LogP contribution in [0.15, 0.2) is 78.9 Å². The van der Waals surface area contributed by atoms with E-state index in [1.165, 1.54) is 0 Å². The van der Waals surface area contributed by atoms with Crippen molar-refractivity contribution in [3.8, 4) is 11.5 Å². The van der Waals surface area contributed by atoms with Gasteiger partial charge in [-0.3, -0.25) is 4.55 Å². The molecule has 0 aliphatic carbocycles. The fourth-order valence-electron chi connectivity index (χ4n) is 4.73. The third-order valence-electron chi connectivity index (χ3n) is 6.45. The van der Waals surface area contributed by atoms with Crippen molar-refractivity contribution in [3.63, 3.8) is 0 Å². The molecule has 1 fully saturated rings. The SMILES string of the molecule is CCC(c1ccccc1)C(O)(c1ccc(OCCCl)cc1)c1ccc(OC2CCCCO2)cc1.CS(=O)(=O)O. The fourth-order valence-corrected chi connectivity index (χ4v) is 4.81. The predicted octanol–water partition coefficient (Wildman–Crippen LogP) is 6.14. The second-order valence-corrected chi connectivity index (χ2v) is 11.2. The highest BCUT2D eigenvalue weighted by atomic mass is 35.5. The molecule has 0 bridgehead atoms. The van der Waals surface area contributed by atoms with Gasteiger partial charge in [0.2, 0.25) is 0 Å². The zero-order valence-corrected chi connectivity index (χ0v) is 23.9. The summed E-state index contributed by atoms with van der Waals surface area (Å²) in [5.41, 5.74) is 1.48. The van der Waals surface area contributed by atoms with Crippen LogP contribution in [0.25, 0.3) is 0 Å². The van der Waals surface area contributed by atoms with E-state index in [1.54, 1.807) is 0 Å². The van der Waals surface area contributed by atoms with Gasteiger partial charge in [0, 0.05) is 12.3 Å². The van der Waals surface area contributed by atoms with E-state index in [9.17, 15) is 13.5 Å². The average Bonchev–Trinajstić information content (AvgIpc) is 2.93. The first-order chi connectivity index (χ1) is 18.6. The third-order valence-corrected chi connectivity index (χ3v) is 6.61. The molecule has 3 aromatic rings. The Labute approximate surface area is 236 Å². The minimum atomic E-state index is -3.67. The molecule has 9 heteroatoms. The van der Waals surface area contributed by atoms with Gasteiger partial charge >= 0.3 is 0 Å². The summed E-state index contributed by atoms with van der Waals surface area (Å²) in [6.45, 7) is 3.29. The number of alkyl halides is 1. The van der Waals surface area contributed by atoms with E-state index in [2.05, 4.69) is 19.1 Å². The van der Waals surface area contributed by atoms with Gasteiger partial charge in [0.15, 0.2) is 6.29 Å². The van der Waals surface area contributed by atoms with Crippen molar-refractivity contribution < 1.29 is 32.3 Å². The largest absolute Gasteiger partial charge is 0.492 e. The van der Waals surface area contributed by atoms with Gasteiger partial charge in [-0.2, -0.15) is 8.42 Å². The van der Waals surface area contributed by atoms with Crippen molar-refractivity contribution in [2.24, 2.45) is 0 Å². The fraction of sp³-hybridized carbons (Fsp3) is 0.400. The lowest BCUT2D eigenvalue weighted by Gasteiger charge is -2.37. The second kappa shape index (κ2) is 14.7. The highest BCUT2D eigenvalue weighted by Crippen LogP contribution is 2.45. The molecule has 1 aliphatic rings. The monoisotopic (exact) mass is 576 g/mol.